The summed E-state index contributed by atoms with van der Waals surface area (Å²) in [7, 11) is 1.91. The molecule has 0 saturated carbocycles. The monoisotopic (exact) mass is 190 g/mol. The van der Waals surface area contributed by atoms with Crippen LogP contribution in [0.25, 0.3) is 0 Å². The molecule has 0 atom stereocenters. The summed E-state index contributed by atoms with van der Waals surface area (Å²) < 4.78 is 0.853. The molecule has 0 bridgehead atoms. The van der Waals surface area contributed by atoms with Gasteiger partial charge >= 0.3 is 0 Å². The first-order valence-electron chi connectivity index (χ1n) is 3.42. The minimum absolute atomic E-state index is 0.829. The summed E-state index contributed by atoms with van der Waals surface area (Å²) in [5.74, 6) is 0. The Morgan fingerprint density at radius 2 is 2.36 bits per heavy atom. The number of thiophene rings is 1. The van der Waals surface area contributed by atoms with E-state index in [0.29, 0.717) is 0 Å². The number of hydrogen-bond donors (Lipinski definition) is 2. The Hall–Kier alpha value is -0.0900. The van der Waals surface area contributed by atoms with Crippen LogP contribution >= 0.6 is 22.9 Å². The van der Waals surface area contributed by atoms with E-state index in [1.807, 2.05) is 19.2 Å². The Kier molecular flexibility index (Phi) is 3.86. The van der Waals surface area contributed by atoms with E-state index in [2.05, 4.69) is 10.6 Å². The molecular formula is C7H11ClN2S. The zero-order valence-corrected chi connectivity index (χ0v) is 7.93. The molecule has 4 heteroatoms. The summed E-state index contributed by atoms with van der Waals surface area (Å²) in [6, 6.07) is 3.96. The van der Waals surface area contributed by atoms with E-state index in [-0.39, 0.29) is 0 Å². The number of rotatable bonds is 4. The maximum absolute atomic E-state index is 5.75. The summed E-state index contributed by atoms with van der Waals surface area (Å²) in [4.78, 5) is 1.27. The molecule has 0 unspecified atom stereocenters. The molecule has 2 nitrogen and oxygen atoms in total. The van der Waals surface area contributed by atoms with Crippen molar-refractivity contribution >= 4 is 22.9 Å². The van der Waals surface area contributed by atoms with Crippen molar-refractivity contribution in [1.29, 1.82) is 0 Å². The van der Waals surface area contributed by atoms with Gasteiger partial charge in [-0.3, -0.25) is 5.32 Å². The highest BCUT2D eigenvalue weighted by atomic mass is 35.5. The second kappa shape index (κ2) is 4.72. The summed E-state index contributed by atoms with van der Waals surface area (Å²) in [6.07, 6.45) is 0. The summed E-state index contributed by atoms with van der Waals surface area (Å²) >= 11 is 7.36. The molecule has 0 amide bonds. The normalized spacial score (nSPS) is 10.4. The summed E-state index contributed by atoms with van der Waals surface area (Å²) in [5.41, 5.74) is 0. The van der Waals surface area contributed by atoms with Crippen LogP contribution in [-0.2, 0) is 6.54 Å². The molecule has 1 rings (SSSR count). The van der Waals surface area contributed by atoms with Crippen LogP contribution in [0.4, 0.5) is 0 Å². The van der Waals surface area contributed by atoms with E-state index in [1.54, 1.807) is 11.3 Å². The van der Waals surface area contributed by atoms with Gasteiger partial charge in [-0.05, 0) is 19.2 Å². The quantitative estimate of drug-likeness (QED) is 0.558. The third kappa shape index (κ3) is 3.20. The minimum Gasteiger partial charge on any atom is -0.308 e. The smallest absolute Gasteiger partial charge is 0.0931 e. The number of halogens is 1. The van der Waals surface area contributed by atoms with Crippen molar-refractivity contribution in [2.45, 2.75) is 6.54 Å². The van der Waals surface area contributed by atoms with Crippen molar-refractivity contribution in [3.05, 3.63) is 21.3 Å². The van der Waals surface area contributed by atoms with E-state index >= 15 is 0 Å². The van der Waals surface area contributed by atoms with Gasteiger partial charge in [-0.15, -0.1) is 11.3 Å². The Morgan fingerprint density at radius 1 is 1.55 bits per heavy atom. The van der Waals surface area contributed by atoms with E-state index in [1.165, 1.54) is 4.88 Å². The van der Waals surface area contributed by atoms with Crippen LogP contribution in [0.2, 0.25) is 4.34 Å². The fourth-order valence-electron chi connectivity index (χ4n) is 0.757. The zero-order valence-electron chi connectivity index (χ0n) is 6.36. The molecule has 0 radical (unpaired) electrons. The van der Waals surface area contributed by atoms with Crippen molar-refractivity contribution in [2.24, 2.45) is 0 Å². The van der Waals surface area contributed by atoms with Gasteiger partial charge in [-0.2, -0.15) is 0 Å². The molecule has 1 heterocycles. The van der Waals surface area contributed by atoms with Gasteiger partial charge in [0.15, 0.2) is 0 Å². The average Bonchev–Trinajstić information content (AvgIpc) is 2.37. The maximum atomic E-state index is 5.75. The highest BCUT2D eigenvalue weighted by Crippen LogP contribution is 2.20. The molecule has 1 aromatic heterocycles. The lowest BCUT2D eigenvalue weighted by molar-refractivity contribution is 0.636. The Balaban J connectivity index is 2.27. The van der Waals surface area contributed by atoms with Crippen LogP contribution in [0, 0.1) is 0 Å². The lowest BCUT2D eigenvalue weighted by atomic mass is 10.5. The number of nitrogens with one attached hydrogen (secondary N) is 2. The number of hydrogen-bond acceptors (Lipinski definition) is 3. The Morgan fingerprint density at radius 3 is 2.91 bits per heavy atom. The standard InChI is InChI=1S/C7H11ClN2S/c1-9-5-10-4-6-2-3-7(8)11-6/h2-3,9-10H,4-5H2,1H3. The van der Waals surface area contributed by atoms with E-state index in [4.69, 9.17) is 11.6 Å². The Bertz CT molecular complexity index is 212. The highest BCUT2D eigenvalue weighted by Gasteiger charge is 1.95. The van der Waals surface area contributed by atoms with Gasteiger partial charge < -0.3 is 5.32 Å². The van der Waals surface area contributed by atoms with E-state index in [0.717, 1.165) is 17.5 Å². The SMILES string of the molecule is CNCNCc1ccc(Cl)s1. The molecular weight excluding hydrogens is 180 g/mol. The zero-order chi connectivity index (χ0) is 8.10. The van der Waals surface area contributed by atoms with Gasteiger partial charge in [0.2, 0.25) is 0 Å². The van der Waals surface area contributed by atoms with Gasteiger partial charge in [0.25, 0.3) is 0 Å². The van der Waals surface area contributed by atoms with Crippen LogP contribution in [0.3, 0.4) is 0 Å². The molecule has 0 spiro atoms. The molecule has 0 aliphatic carbocycles. The molecule has 1 aromatic rings. The van der Waals surface area contributed by atoms with E-state index < -0.39 is 0 Å². The van der Waals surface area contributed by atoms with Crippen molar-refractivity contribution in [1.82, 2.24) is 10.6 Å². The molecule has 11 heavy (non-hydrogen) atoms. The van der Waals surface area contributed by atoms with Crippen molar-refractivity contribution in [3.63, 3.8) is 0 Å². The molecule has 0 aliphatic rings. The second-order valence-corrected chi connectivity index (χ2v) is 3.96. The average molecular weight is 191 g/mol. The Labute approximate surface area is 75.6 Å². The minimum atomic E-state index is 0.829. The predicted molar refractivity (Wildman–Crippen MR) is 50.1 cm³/mol. The third-order valence-corrected chi connectivity index (χ3v) is 2.46. The molecule has 62 valence electrons. The lowest BCUT2D eigenvalue weighted by Crippen LogP contribution is -2.24. The van der Waals surface area contributed by atoms with Crippen molar-refractivity contribution < 1.29 is 0 Å². The molecule has 0 saturated heterocycles. The fraction of sp³-hybridized carbons (Fsp3) is 0.429. The van der Waals surface area contributed by atoms with Gasteiger partial charge in [-0.1, -0.05) is 11.6 Å². The van der Waals surface area contributed by atoms with Crippen LogP contribution in [-0.4, -0.2) is 13.7 Å². The van der Waals surface area contributed by atoms with Gasteiger partial charge in [0, 0.05) is 18.1 Å². The maximum Gasteiger partial charge on any atom is 0.0931 e. The van der Waals surface area contributed by atoms with Gasteiger partial charge in [0.1, 0.15) is 0 Å². The largest absolute Gasteiger partial charge is 0.308 e. The van der Waals surface area contributed by atoms with Crippen molar-refractivity contribution in [3.8, 4) is 0 Å². The van der Waals surface area contributed by atoms with E-state index in [9.17, 15) is 0 Å². The molecule has 0 aliphatic heterocycles. The van der Waals surface area contributed by atoms with Crippen LogP contribution in [0.5, 0.6) is 0 Å². The van der Waals surface area contributed by atoms with Gasteiger partial charge in [0.05, 0.1) is 4.34 Å². The van der Waals surface area contributed by atoms with Gasteiger partial charge in [-0.25, -0.2) is 0 Å². The third-order valence-electron chi connectivity index (χ3n) is 1.23. The van der Waals surface area contributed by atoms with Crippen LogP contribution < -0.4 is 10.6 Å². The molecule has 0 aromatic carbocycles. The summed E-state index contributed by atoms with van der Waals surface area (Å²) in [5, 5.41) is 6.21. The first-order chi connectivity index (χ1) is 5.33. The van der Waals surface area contributed by atoms with Crippen molar-refractivity contribution in [2.75, 3.05) is 13.7 Å². The lowest BCUT2D eigenvalue weighted by Gasteiger charge is -1.99. The first kappa shape index (κ1) is 9.00. The fourth-order valence-corrected chi connectivity index (χ4v) is 1.81. The summed E-state index contributed by atoms with van der Waals surface area (Å²) in [6.45, 7) is 1.72. The molecule has 2 N–H and O–H groups in total. The topological polar surface area (TPSA) is 24.1 Å². The second-order valence-electron chi connectivity index (χ2n) is 2.16. The molecule has 0 fully saturated rings. The van der Waals surface area contributed by atoms with Crippen LogP contribution in [0.15, 0.2) is 12.1 Å². The highest BCUT2D eigenvalue weighted by molar-refractivity contribution is 7.16. The predicted octanol–water partition coefficient (Wildman–Crippen LogP) is 1.67. The van der Waals surface area contributed by atoms with Crippen LogP contribution in [0.1, 0.15) is 4.88 Å². The first-order valence-corrected chi connectivity index (χ1v) is 4.62.